The van der Waals surface area contributed by atoms with Gasteiger partial charge in [-0.15, -0.1) is 11.6 Å². The quantitative estimate of drug-likeness (QED) is 0.328. The van der Waals surface area contributed by atoms with Crippen LogP contribution in [0.1, 0.15) is 79.0 Å². The third-order valence-corrected chi connectivity index (χ3v) is 5.38. The second-order valence-electron chi connectivity index (χ2n) is 6.94. The third-order valence-electron chi connectivity index (χ3n) is 4.81. The van der Waals surface area contributed by atoms with E-state index in [1.165, 1.54) is 6.07 Å². The predicted molar refractivity (Wildman–Crippen MR) is 103 cm³/mol. The van der Waals surface area contributed by atoms with Crippen LogP contribution in [-0.4, -0.2) is 30.5 Å². The molecule has 0 spiro atoms. The van der Waals surface area contributed by atoms with Gasteiger partial charge in [-0.2, -0.15) is 0 Å². The Bertz CT molecular complexity index is 587. The van der Waals surface area contributed by atoms with Crippen molar-refractivity contribution in [1.29, 1.82) is 0 Å². The molecule has 1 fully saturated rings. The van der Waals surface area contributed by atoms with Crippen molar-refractivity contribution in [1.82, 2.24) is 0 Å². The van der Waals surface area contributed by atoms with E-state index in [0.29, 0.717) is 24.3 Å². The predicted octanol–water partition coefficient (Wildman–Crippen LogP) is 5.38. The topological polar surface area (TPSA) is 52.6 Å². The molecular weight excluding hydrogens is 352 g/mol. The Morgan fingerprint density at radius 3 is 2.42 bits per heavy atom. The molecule has 0 N–H and O–H groups in total. The van der Waals surface area contributed by atoms with Gasteiger partial charge in [0.15, 0.2) is 0 Å². The number of benzene rings is 1. The molecule has 1 aromatic rings. The lowest BCUT2D eigenvalue weighted by Crippen LogP contribution is -2.25. The van der Waals surface area contributed by atoms with Crippen LogP contribution in [0.4, 0.5) is 0 Å². The zero-order chi connectivity index (χ0) is 18.8. The number of carbonyl (C=O) groups is 2. The largest absolute Gasteiger partial charge is 0.462 e. The monoisotopic (exact) mass is 380 g/mol. The van der Waals surface area contributed by atoms with Gasteiger partial charge in [0.05, 0.1) is 24.3 Å². The summed E-state index contributed by atoms with van der Waals surface area (Å²) in [6, 6.07) is 6.52. The van der Waals surface area contributed by atoms with Gasteiger partial charge in [0.2, 0.25) is 0 Å². The van der Waals surface area contributed by atoms with Gasteiger partial charge < -0.3 is 9.47 Å². The van der Waals surface area contributed by atoms with E-state index in [-0.39, 0.29) is 11.3 Å². The highest BCUT2D eigenvalue weighted by atomic mass is 35.5. The Morgan fingerprint density at radius 2 is 1.73 bits per heavy atom. The highest BCUT2D eigenvalue weighted by Crippen LogP contribution is 2.29. The molecule has 2 rings (SSSR count). The average molecular weight is 381 g/mol. The Morgan fingerprint density at radius 1 is 1.04 bits per heavy atom. The summed E-state index contributed by atoms with van der Waals surface area (Å²) in [5, 5.41) is 0.0746. The summed E-state index contributed by atoms with van der Waals surface area (Å²) in [4.78, 5) is 24.4. The Balaban J connectivity index is 1.82. The van der Waals surface area contributed by atoms with Crippen molar-refractivity contribution in [3.63, 3.8) is 0 Å². The maximum atomic E-state index is 12.3. The van der Waals surface area contributed by atoms with Crippen molar-refractivity contribution in [2.75, 3.05) is 13.2 Å². The Hall–Kier alpha value is -1.55. The highest BCUT2D eigenvalue weighted by molar-refractivity contribution is 6.20. The van der Waals surface area contributed by atoms with Crippen LogP contribution in [0, 0.1) is 5.92 Å². The fourth-order valence-corrected chi connectivity index (χ4v) is 3.52. The minimum Gasteiger partial charge on any atom is -0.462 e. The fraction of sp³-hybridized carbons (Fsp3) is 0.619. The van der Waals surface area contributed by atoms with Gasteiger partial charge in [0.1, 0.15) is 0 Å². The van der Waals surface area contributed by atoms with Gasteiger partial charge in [0, 0.05) is 11.3 Å². The summed E-state index contributed by atoms with van der Waals surface area (Å²) >= 11 is 6.31. The summed E-state index contributed by atoms with van der Waals surface area (Å²) in [5.41, 5.74) is 0.746. The summed E-state index contributed by atoms with van der Waals surface area (Å²) < 4.78 is 10.7. The first-order chi connectivity index (χ1) is 12.6. The van der Waals surface area contributed by atoms with Crippen LogP contribution >= 0.6 is 11.6 Å². The molecule has 0 bridgehead atoms. The van der Waals surface area contributed by atoms with Gasteiger partial charge >= 0.3 is 11.9 Å². The smallest absolute Gasteiger partial charge is 0.338 e. The number of carbonyl (C=O) groups excluding carboxylic acids is 2. The molecule has 1 saturated carbocycles. The number of unbranched alkanes of at least 4 members (excludes halogenated alkanes) is 3. The lowest BCUT2D eigenvalue weighted by Gasteiger charge is -2.26. The number of rotatable bonds is 9. The van der Waals surface area contributed by atoms with E-state index in [4.69, 9.17) is 21.1 Å². The number of hydrogen-bond donors (Lipinski definition) is 0. The van der Waals surface area contributed by atoms with E-state index in [2.05, 4.69) is 6.92 Å². The van der Waals surface area contributed by atoms with Crippen LogP contribution in [0.3, 0.4) is 0 Å². The maximum Gasteiger partial charge on any atom is 0.338 e. The lowest BCUT2D eigenvalue weighted by atomic mass is 9.89. The number of ether oxygens (including phenoxy) is 2. The summed E-state index contributed by atoms with van der Waals surface area (Å²) in [7, 11) is 0. The van der Waals surface area contributed by atoms with E-state index in [1.54, 1.807) is 18.2 Å². The van der Waals surface area contributed by atoms with Crippen LogP contribution in [0.5, 0.6) is 0 Å². The van der Waals surface area contributed by atoms with Gasteiger partial charge in [-0.05, 0) is 37.5 Å². The SMILES string of the molecule is CCCCCCOC(=O)c1cccc(C(=O)OCC2CCCCC2Cl)c1. The van der Waals surface area contributed by atoms with Crippen molar-refractivity contribution in [3.8, 4) is 0 Å². The molecule has 1 aromatic carbocycles. The van der Waals surface area contributed by atoms with Crippen LogP contribution in [0.2, 0.25) is 0 Å². The molecule has 0 amide bonds. The van der Waals surface area contributed by atoms with Gasteiger partial charge in [-0.1, -0.05) is 45.1 Å². The molecular formula is C21H29ClO4. The number of halogens is 1. The zero-order valence-electron chi connectivity index (χ0n) is 15.5. The van der Waals surface area contributed by atoms with E-state index in [9.17, 15) is 9.59 Å². The van der Waals surface area contributed by atoms with Crippen LogP contribution in [-0.2, 0) is 9.47 Å². The van der Waals surface area contributed by atoms with Crippen molar-refractivity contribution >= 4 is 23.5 Å². The van der Waals surface area contributed by atoms with Crippen LogP contribution < -0.4 is 0 Å². The number of esters is 2. The third kappa shape index (κ3) is 6.64. The first kappa shape index (κ1) is 20.8. The molecule has 0 saturated heterocycles. The molecule has 2 atom stereocenters. The molecule has 4 nitrogen and oxygen atoms in total. The normalized spacial score (nSPS) is 19.8. The van der Waals surface area contributed by atoms with E-state index in [1.807, 2.05) is 0 Å². The lowest BCUT2D eigenvalue weighted by molar-refractivity contribution is 0.0414. The summed E-state index contributed by atoms with van der Waals surface area (Å²) in [5.74, 6) is -0.605. The van der Waals surface area contributed by atoms with Gasteiger partial charge in [0.25, 0.3) is 0 Å². The molecule has 1 aliphatic carbocycles. The van der Waals surface area contributed by atoms with Crippen molar-refractivity contribution in [2.45, 2.75) is 63.7 Å². The van der Waals surface area contributed by atoms with Crippen molar-refractivity contribution < 1.29 is 19.1 Å². The number of hydrogen-bond acceptors (Lipinski definition) is 4. The van der Waals surface area contributed by atoms with E-state index >= 15 is 0 Å². The standard InChI is InChI=1S/C21H29ClO4/c1-2-3-4-7-13-25-20(23)16-10-8-11-17(14-16)21(24)26-15-18-9-5-6-12-19(18)22/h8,10-11,14,18-19H,2-7,9,12-13,15H2,1H3. The first-order valence-electron chi connectivity index (χ1n) is 9.70. The van der Waals surface area contributed by atoms with E-state index in [0.717, 1.165) is 51.4 Å². The molecule has 0 aliphatic heterocycles. The molecule has 1 aliphatic rings. The Labute approximate surface area is 161 Å². The Kier molecular flexibility index (Phi) is 8.96. The van der Waals surface area contributed by atoms with Crippen LogP contribution in [0.15, 0.2) is 24.3 Å². The molecule has 2 unspecified atom stereocenters. The summed E-state index contributed by atoms with van der Waals surface area (Å²) in [6.45, 7) is 2.88. The van der Waals surface area contributed by atoms with Gasteiger partial charge in [-0.3, -0.25) is 0 Å². The minimum absolute atomic E-state index is 0.0746. The minimum atomic E-state index is -0.419. The molecule has 0 radical (unpaired) electrons. The molecule has 0 heterocycles. The van der Waals surface area contributed by atoms with Gasteiger partial charge in [-0.25, -0.2) is 9.59 Å². The number of alkyl halides is 1. The molecule has 5 heteroatoms. The molecule has 144 valence electrons. The summed E-state index contributed by atoms with van der Waals surface area (Å²) in [6.07, 6.45) is 8.44. The van der Waals surface area contributed by atoms with Crippen LogP contribution in [0.25, 0.3) is 0 Å². The maximum absolute atomic E-state index is 12.3. The molecule has 0 aromatic heterocycles. The van der Waals surface area contributed by atoms with Crippen molar-refractivity contribution in [2.24, 2.45) is 5.92 Å². The first-order valence-corrected chi connectivity index (χ1v) is 10.1. The second-order valence-corrected chi connectivity index (χ2v) is 7.50. The average Bonchev–Trinajstić information content (AvgIpc) is 2.67. The highest BCUT2D eigenvalue weighted by Gasteiger charge is 2.24. The molecule has 26 heavy (non-hydrogen) atoms. The van der Waals surface area contributed by atoms with E-state index < -0.39 is 11.9 Å². The fourth-order valence-electron chi connectivity index (χ4n) is 3.17. The zero-order valence-corrected chi connectivity index (χ0v) is 16.3. The van der Waals surface area contributed by atoms with Crippen molar-refractivity contribution in [3.05, 3.63) is 35.4 Å². The second kappa shape index (κ2) is 11.2.